The first-order valence-corrected chi connectivity index (χ1v) is 15.0. The molecule has 0 aliphatic heterocycles. The Bertz CT molecular complexity index is 906. The van der Waals surface area contributed by atoms with Crippen molar-refractivity contribution < 1.29 is 235 Å². The SMILES string of the molecule is CC(F)S(=O)(=O)[O-].CC(F)S(=O)(=O)[O-].CC(F)S(=O)(=O)[O-].CC(F)S(=O)(=O)[O-].CC(F)S(=O)(=O)[O-].[Na+].[Na+].[Na+].[Na+].[Na+]. The second-order valence-electron chi connectivity index (χ2n) is 5.18. The van der Waals surface area contributed by atoms with E-state index in [0.717, 1.165) is 0 Å². The van der Waals surface area contributed by atoms with Gasteiger partial charge in [-0.2, -0.15) is 0 Å². The summed E-state index contributed by atoms with van der Waals surface area (Å²) >= 11 is 0. The van der Waals surface area contributed by atoms with E-state index in [-0.39, 0.29) is 148 Å². The van der Waals surface area contributed by atoms with Crippen molar-refractivity contribution in [2.75, 3.05) is 0 Å². The van der Waals surface area contributed by atoms with Crippen LogP contribution in [0.4, 0.5) is 22.0 Å². The van der Waals surface area contributed by atoms with Crippen LogP contribution in [0.15, 0.2) is 0 Å². The normalized spacial score (nSPS) is 14.4. The second-order valence-corrected chi connectivity index (χ2v) is 13.4. The minimum atomic E-state index is -4.66. The van der Waals surface area contributed by atoms with Gasteiger partial charge < -0.3 is 22.8 Å². The Morgan fingerprint density at radius 3 is 0.350 bits per heavy atom. The van der Waals surface area contributed by atoms with Crippen LogP contribution in [0.5, 0.6) is 0 Å². The molecular formula is C10H20F5Na5O15S5. The summed E-state index contributed by atoms with van der Waals surface area (Å²) in [5, 5.41) is 0. The number of halogens is 5. The van der Waals surface area contributed by atoms with Crippen molar-refractivity contribution in [3.8, 4) is 0 Å². The van der Waals surface area contributed by atoms with Gasteiger partial charge in [0.05, 0.1) is 0 Å². The van der Waals surface area contributed by atoms with Crippen molar-refractivity contribution in [2.24, 2.45) is 0 Å². The van der Waals surface area contributed by atoms with Gasteiger partial charge in [0, 0.05) is 0 Å². The van der Waals surface area contributed by atoms with Gasteiger partial charge in [-0.3, -0.25) is 0 Å². The first kappa shape index (κ1) is 70.5. The van der Waals surface area contributed by atoms with E-state index in [0.29, 0.717) is 34.6 Å². The number of alkyl halides is 5. The molecule has 0 N–H and O–H groups in total. The van der Waals surface area contributed by atoms with Crippen LogP contribution in [0.1, 0.15) is 34.6 Å². The summed E-state index contributed by atoms with van der Waals surface area (Å²) in [6.07, 6.45) is 0. The van der Waals surface area contributed by atoms with Gasteiger partial charge in [-0.25, -0.2) is 64.0 Å². The van der Waals surface area contributed by atoms with Gasteiger partial charge in [0.2, 0.25) is 0 Å². The fourth-order valence-electron chi connectivity index (χ4n) is 0. The molecule has 30 heteroatoms. The Kier molecular flexibility index (Phi) is 56.0. The Morgan fingerprint density at radius 2 is 0.350 bits per heavy atom. The molecule has 0 spiro atoms. The van der Waals surface area contributed by atoms with Gasteiger partial charge in [-0.05, 0) is 34.6 Å². The molecule has 0 saturated carbocycles. The molecule has 5 unspecified atom stereocenters. The number of rotatable bonds is 5. The van der Waals surface area contributed by atoms with E-state index in [1.54, 1.807) is 0 Å². The molecule has 0 amide bonds. The first-order valence-electron chi connectivity index (χ1n) is 7.66. The summed E-state index contributed by atoms with van der Waals surface area (Å²) < 4.78 is 198. The molecule has 15 nitrogen and oxygen atoms in total. The topological polar surface area (TPSA) is 286 Å². The summed E-state index contributed by atoms with van der Waals surface area (Å²) in [6, 6.07) is 0. The molecule has 5 atom stereocenters. The van der Waals surface area contributed by atoms with Crippen LogP contribution in [-0.4, -0.2) is 92.4 Å². The van der Waals surface area contributed by atoms with Gasteiger partial charge in [0.15, 0.2) is 27.5 Å². The molecule has 0 aliphatic carbocycles. The molecule has 0 aromatic rings. The average molecular weight is 751 g/mol. The predicted octanol–water partition coefficient (Wildman–Crippen LogP) is -15.7. The Balaban J connectivity index is -0.0000000341. The van der Waals surface area contributed by atoms with Crippen LogP contribution in [-0.2, 0) is 50.6 Å². The minimum Gasteiger partial charge on any atom is -0.746 e. The van der Waals surface area contributed by atoms with Gasteiger partial charge >= 0.3 is 148 Å². The van der Waals surface area contributed by atoms with E-state index < -0.39 is 78.1 Å². The van der Waals surface area contributed by atoms with Crippen LogP contribution >= 0.6 is 0 Å². The molecule has 0 heterocycles. The third-order valence-corrected chi connectivity index (χ3v) is 5.97. The largest absolute Gasteiger partial charge is 1.00 e. The number of hydrogen-bond donors (Lipinski definition) is 0. The van der Waals surface area contributed by atoms with Gasteiger partial charge in [-0.15, -0.1) is 0 Å². The van der Waals surface area contributed by atoms with E-state index in [1.165, 1.54) is 0 Å². The monoisotopic (exact) mass is 750 g/mol. The molecule has 0 aliphatic rings. The van der Waals surface area contributed by atoms with Crippen molar-refractivity contribution in [1.82, 2.24) is 0 Å². The van der Waals surface area contributed by atoms with E-state index in [2.05, 4.69) is 0 Å². The number of hydrogen-bond acceptors (Lipinski definition) is 15. The molecule has 0 rings (SSSR count). The van der Waals surface area contributed by atoms with Crippen LogP contribution < -0.4 is 148 Å². The Morgan fingerprint density at radius 1 is 0.325 bits per heavy atom. The Labute approximate surface area is 341 Å². The van der Waals surface area contributed by atoms with E-state index in [1.807, 2.05) is 0 Å². The maximum absolute atomic E-state index is 11.3. The Hall–Kier alpha value is 4.20. The van der Waals surface area contributed by atoms with Crippen LogP contribution in [0.25, 0.3) is 0 Å². The fourth-order valence-corrected chi connectivity index (χ4v) is 0. The van der Waals surface area contributed by atoms with Crippen LogP contribution in [0.2, 0.25) is 0 Å². The third kappa shape index (κ3) is 61.2. The van der Waals surface area contributed by atoms with E-state index in [4.69, 9.17) is 0 Å². The van der Waals surface area contributed by atoms with Crippen molar-refractivity contribution >= 4 is 50.6 Å². The smallest absolute Gasteiger partial charge is 0.746 e. The zero-order chi connectivity index (χ0) is 30.4. The predicted molar refractivity (Wildman–Crippen MR) is 101 cm³/mol. The molecule has 0 aromatic heterocycles. The molecule has 0 aromatic carbocycles. The standard InChI is InChI=1S/5C2H5FO3S.5Na/c5*1-2(3)7(4,5)6;;;;;/h5*2H,1H3,(H,4,5,6);;;;;/q;;;;;5*+1/p-5. The quantitative estimate of drug-likeness (QED) is 0.143. The molecule has 0 fully saturated rings. The van der Waals surface area contributed by atoms with Crippen molar-refractivity contribution in [2.45, 2.75) is 62.1 Å². The molecule has 220 valence electrons. The zero-order valence-corrected chi connectivity index (χ0v) is 37.0. The molecule has 0 saturated heterocycles. The fraction of sp³-hybridized carbons (Fsp3) is 1.00. The van der Waals surface area contributed by atoms with Gasteiger partial charge in [-0.1, -0.05) is 0 Å². The van der Waals surface area contributed by atoms with E-state index in [9.17, 15) is 86.8 Å². The van der Waals surface area contributed by atoms with Crippen molar-refractivity contribution in [3.63, 3.8) is 0 Å². The molecular weight excluding hydrogens is 730 g/mol. The third-order valence-electron chi connectivity index (χ3n) is 1.99. The molecule has 0 bridgehead atoms. The van der Waals surface area contributed by atoms with E-state index >= 15 is 0 Å². The van der Waals surface area contributed by atoms with Crippen LogP contribution in [0, 0.1) is 0 Å². The maximum atomic E-state index is 11.3. The second kappa shape index (κ2) is 31.8. The summed E-state index contributed by atoms with van der Waals surface area (Å²) in [5.74, 6) is 0. The first-order chi connectivity index (χ1) is 14.7. The summed E-state index contributed by atoms with van der Waals surface area (Å²) in [6.45, 7) is 3.41. The van der Waals surface area contributed by atoms with Crippen molar-refractivity contribution in [1.29, 1.82) is 0 Å². The average Bonchev–Trinajstić information content (AvgIpc) is 2.52. The summed E-state index contributed by atoms with van der Waals surface area (Å²) in [7, 11) is -23.3. The minimum absolute atomic E-state index is 0. The molecule has 0 radical (unpaired) electrons. The summed E-state index contributed by atoms with van der Waals surface area (Å²) in [4.78, 5) is 0. The van der Waals surface area contributed by atoms with Gasteiger partial charge in [0.1, 0.15) is 50.6 Å². The van der Waals surface area contributed by atoms with Crippen LogP contribution in [0.3, 0.4) is 0 Å². The maximum Gasteiger partial charge on any atom is 1.00 e. The molecule has 40 heavy (non-hydrogen) atoms. The zero-order valence-electron chi connectivity index (χ0n) is 22.9. The summed E-state index contributed by atoms with van der Waals surface area (Å²) in [5.41, 5.74) is -11.4. The van der Waals surface area contributed by atoms with Gasteiger partial charge in [0.25, 0.3) is 0 Å². The van der Waals surface area contributed by atoms with Crippen molar-refractivity contribution in [3.05, 3.63) is 0 Å².